The van der Waals surface area contributed by atoms with Crippen molar-refractivity contribution >= 4 is 5.96 Å². The zero-order valence-corrected chi connectivity index (χ0v) is 19.5. The molecular formula is C25H43N3O2. The number of guanidine groups is 1. The molecule has 0 aromatic heterocycles. The van der Waals surface area contributed by atoms with E-state index in [2.05, 4.69) is 18.8 Å². The predicted octanol–water partition coefficient (Wildman–Crippen LogP) is 4.70. The van der Waals surface area contributed by atoms with Crippen LogP contribution in [0.4, 0.5) is 0 Å². The molecule has 0 amide bonds. The van der Waals surface area contributed by atoms with Gasteiger partial charge in [0.1, 0.15) is 0 Å². The Labute approximate surface area is 184 Å². The van der Waals surface area contributed by atoms with E-state index in [1.165, 1.54) is 51.4 Å². The highest BCUT2D eigenvalue weighted by Gasteiger charge is 2.46. The van der Waals surface area contributed by atoms with Gasteiger partial charge in [0.15, 0.2) is 17.7 Å². The van der Waals surface area contributed by atoms with Crippen molar-refractivity contribution in [2.75, 3.05) is 20.8 Å². The van der Waals surface area contributed by atoms with Crippen LogP contribution in [0.5, 0.6) is 0 Å². The predicted molar refractivity (Wildman–Crippen MR) is 123 cm³/mol. The maximum absolute atomic E-state index is 6.24. The number of rotatable bonds is 8. The van der Waals surface area contributed by atoms with E-state index >= 15 is 0 Å². The van der Waals surface area contributed by atoms with Crippen molar-refractivity contribution in [3.63, 3.8) is 0 Å². The van der Waals surface area contributed by atoms with Crippen molar-refractivity contribution in [1.82, 2.24) is 4.90 Å². The Hall–Kier alpha value is -1.25. The minimum absolute atomic E-state index is 0.200. The summed E-state index contributed by atoms with van der Waals surface area (Å²) in [5, 5.41) is 0. The van der Waals surface area contributed by atoms with Crippen LogP contribution < -0.4 is 5.73 Å². The molecule has 170 valence electrons. The van der Waals surface area contributed by atoms with Crippen molar-refractivity contribution in [3.8, 4) is 11.8 Å². The molecule has 2 aliphatic carbocycles. The fourth-order valence-electron chi connectivity index (χ4n) is 5.41. The van der Waals surface area contributed by atoms with Crippen LogP contribution in [0.15, 0.2) is 4.99 Å². The Balaban J connectivity index is 1.70. The highest BCUT2D eigenvalue weighted by atomic mass is 16.5. The molecular weight excluding hydrogens is 374 g/mol. The van der Waals surface area contributed by atoms with Gasteiger partial charge in [0.25, 0.3) is 0 Å². The van der Waals surface area contributed by atoms with Crippen LogP contribution in [0.25, 0.3) is 0 Å². The fourth-order valence-corrected chi connectivity index (χ4v) is 5.41. The average Bonchev–Trinajstić information content (AvgIpc) is 3.02. The molecule has 2 N–H and O–H groups in total. The molecule has 4 atom stereocenters. The summed E-state index contributed by atoms with van der Waals surface area (Å²) in [6, 6.07) is 0. The first-order valence-electron chi connectivity index (χ1n) is 12.3. The second kappa shape index (κ2) is 11.4. The topological polar surface area (TPSA) is 60.1 Å². The Morgan fingerprint density at radius 1 is 1.17 bits per heavy atom. The third-order valence-electron chi connectivity index (χ3n) is 7.29. The van der Waals surface area contributed by atoms with Crippen molar-refractivity contribution in [2.45, 2.75) is 108 Å². The number of aliphatic imine (C=N–C) groups is 1. The zero-order chi connectivity index (χ0) is 21.4. The van der Waals surface area contributed by atoms with Crippen LogP contribution in [-0.4, -0.2) is 49.5 Å². The molecule has 30 heavy (non-hydrogen) atoms. The maximum Gasteiger partial charge on any atom is 0.194 e. The Bertz CT molecular complexity index is 620. The van der Waals surface area contributed by atoms with Crippen molar-refractivity contribution in [3.05, 3.63) is 0 Å². The van der Waals surface area contributed by atoms with Crippen LogP contribution in [0.2, 0.25) is 0 Å². The maximum atomic E-state index is 6.24. The zero-order valence-electron chi connectivity index (χ0n) is 19.5. The lowest BCUT2D eigenvalue weighted by molar-refractivity contribution is -0.00980. The second-order valence-corrected chi connectivity index (χ2v) is 9.62. The lowest BCUT2D eigenvalue weighted by atomic mass is 9.81. The minimum atomic E-state index is -0.541. The number of nitrogens with two attached hydrogens (primary N) is 1. The van der Waals surface area contributed by atoms with Crippen LogP contribution >= 0.6 is 0 Å². The number of methoxy groups -OCH3 is 1. The molecule has 0 spiro atoms. The summed E-state index contributed by atoms with van der Waals surface area (Å²) in [6.45, 7) is 3.09. The molecule has 1 aliphatic heterocycles. The number of nitrogens with zero attached hydrogens (tertiary/aromatic N) is 2. The van der Waals surface area contributed by atoms with Gasteiger partial charge < -0.3 is 20.1 Å². The van der Waals surface area contributed by atoms with Crippen molar-refractivity contribution < 1.29 is 9.47 Å². The average molecular weight is 418 g/mol. The van der Waals surface area contributed by atoms with Gasteiger partial charge in [-0.3, -0.25) is 0 Å². The van der Waals surface area contributed by atoms with Gasteiger partial charge in [0, 0.05) is 26.7 Å². The summed E-state index contributed by atoms with van der Waals surface area (Å²) in [4.78, 5) is 6.84. The largest absolute Gasteiger partial charge is 0.378 e. The summed E-state index contributed by atoms with van der Waals surface area (Å²) in [5.41, 5.74) is 5.69. The minimum Gasteiger partial charge on any atom is -0.378 e. The molecule has 5 heteroatoms. The first kappa shape index (κ1) is 23.4. The monoisotopic (exact) mass is 417 g/mol. The van der Waals surface area contributed by atoms with Gasteiger partial charge in [-0.2, -0.15) is 0 Å². The quantitative estimate of drug-likeness (QED) is 0.459. The molecule has 3 aliphatic rings. The molecule has 5 nitrogen and oxygen atoms in total. The number of ether oxygens (including phenoxy) is 2. The van der Waals surface area contributed by atoms with Gasteiger partial charge in [0.2, 0.25) is 0 Å². The lowest BCUT2D eigenvalue weighted by Crippen LogP contribution is -2.47. The number of unbranched alkanes of at least 4 members (excludes halogenated alkanes) is 1. The molecule has 1 unspecified atom stereocenters. The van der Waals surface area contributed by atoms with E-state index in [4.69, 9.17) is 20.2 Å². The van der Waals surface area contributed by atoms with Crippen molar-refractivity contribution in [1.29, 1.82) is 0 Å². The number of hydrogen-bond acceptors (Lipinski definition) is 5. The SMILES string of the molecule is CCCCO[C@@H]1CCC[C@@H](C#C[C@@]2(CCC3CCCCC3)N=C(N)N(C)C2OC)C1. The standard InChI is InChI=1S/C25H43N3O2/c1-4-5-18-30-22-13-9-12-21(19-22)15-17-25(16-14-20-10-7-6-8-11-20)23(29-3)28(2)24(26)27-25/h20-23H,4-14,16,18-19H2,1-3H3,(H2,26,27)/t21-,22+,23?,25+/m0/s1. The molecule has 2 saturated carbocycles. The Morgan fingerprint density at radius 3 is 2.70 bits per heavy atom. The molecule has 0 radical (unpaired) electrons. The first-order valence-corrected chi connectivity index (χ1v) is 12.3. The molecule has 1 heterocycles. The van der Waals surface area contributed by atoms with Gasteiger partial charge in [-0.1, -0.05) is 57.3 Å². The molecule has 2 fully saturated rings. The summed E-state index contributed by atoms with van der Waals surface area (Å²) in [7, 11) is 3.72. The van der Waals surface area contributed by atoms with Crippen LogP contribution in [0.1, 0.15) is 90.4 Å². The molecule has 0 aromatic rings. The fraction of sp³-hybridized carbons (Fsp3) is 0.880. The van der Waals surface area contributed by atoms with Gasteiger partial charge >= 0.3 is 0 Å². The summed E-state index contributed by atoms with van der Waals surface area (Å²) < 4.78 is 12.0. The highest BCUT2D eigenvalue weighted by molar-refractivity contribution is 5.81. The van der Waals surface area contributed by atoms with E-state index in [1.54, 1.807) is 7.11 Å². The summed E-state index contributed by atoms with van der Waals surface area (Å²) in [6.07, 6.45) is 16.0. The molecule has 0 aromatic carbocycles. The molecule has 0 bridgehead atoms. The molecule has 3 rings (SSSR count). The van der Waals surface area contributed by atoms with E-state index in [1.807, 2.05) is 11.9 Å². The van der Waals surface area contributed by atoms with Crippen molar-refractivity contribution in [2.24, 2.45) is 22.6 Å². The lowest BCUT2D eigenvalue weighted by Gasteiger charge is -2.33. The van der Waals surface area contributed by atoms with Gasteiger partial charge in [-0.15, -0.1) is 0 Å². The van der Waals surface area contributed by atoms with E-state index in [0.29, 0.717) is 18.0 Å². The van der Waals surface area contributed by atoms with E-state index in [-0.39, 0.29) is 6.23 Å². The third-order valence-corrected chi connectivity index (χ3v) is 7.29. The van der Waals surface area contributed by atoms with Gasteiger partial charge in [-0.25, -0.2) is 4.99 Å². The first-order chi connectivity index (χ1) is 14.6. The summed E-state index contributed by atoms with van der Waals surface area (Å²) >= 11 is 0. The summed E-state index contributed by atoms with van der Waals surface area (Å²) in [5.74, 6) is 8.96. The van der Waals surface area contributed by atoms with Crippen LogP contribution in [-0.2, 0) is 9.47 Å². The second-order valence-electron chi connectivity index (χ2n) is 9.62. The third kappa shape index (κ3) is 5.92. The van der Waals surface area contributed by atoms with E-state index in [0.717, 1.165) is 44.6 Å². The van der Waals surface area contributed by atoms with Gasteiger partial charge in [-0.05, 0) is 50.9 Å². The number of hydrogen-bond donors (Lipinski definition) is 1. The smallest absolute Gasteiger partial charge is 0.194 e. The van der Waals surface area contributed by atoms with Crippen LogP contribution in [0.3, 0.4) is 0 Å². The highest BCUT2D eigenvalue weighted by Crippen LogP contribution is 2.36. The Morgan fingerprint density at radius 2 is 1.97 bits per heavy atom. The normalized spacial score (nSPS) is 32.6. The molecule has 0 saturated heterocycles. The Kier molecular flexibility index (Phi) is 8.89. The number of likely N-dealkylation sites (N-methyl/N-ethyl adjacent to an activating group) is 1. The van der Waals surface area contributed by atoms with E-state index < -0.39 is 5.54 Å². The van der Waals surface area contributed by atoms with Gasteiger partial charge in [0.05, 0.1) is 6.10 Å². The van der Waals surface area contributed by atoms with Crippen LogP contribution in [0, 0.1) is 23.7 Å². The van der Waals surface area contributed by atoms with E-state index in [9.17, 15) is 0 Å².